The van der Waals surface area contributed by atoms with Crippen LogP contribution in [0, 0.1) is 0 Å². The van der Waals surface area contributed by atoms with Crippen LogP contribution in [0.4, 0.5) is 0 Å². The van der Waals surface area contributed by atoms with Gasteiger partial charge >= 0.3 is 0 Å². The maximum absolute atomic E-state index is 4.20. The van der Waals surface area contributed by atoms with E-state index in [1.54, 1.807) is 0 Å². The highest BCUT2D eigenvalue weighted by Crippen LogP contribution is 2.37. The molecule has 1 saturated carbocycles. The fourth-order valence-electron chi connectivity index (χ4n) is 6.71. The highest BCUT2D eigenvalue weighted by molar-refractivity contribution is 5.77. The molecule has 188 valence electrons. The Kier molecular flexibility index (Phi) is 6.29. The van der Waals surface area contributed by atoms with E-state index >= 15 is 0 Å². The molecule has 0 aliphatic heterocycles. The molecule has 0 spiro atoms. The van der Waals surface area contributed by atoms with Crippen molar-refractivity contribution >= 4 is 24.3 Å². The molecule has 0 saturated heterocycles. The SMILES string of the molecule is C1=Cc2ccccc2C(NC2CCCCC2NC2c3ccccc3C=Cc3ccccc32)c2ccccc21. The first-order valence-corrected chi connectivity index (χ1v) is 14.1. The van der Waals surface area contributed by atoms with Gasteiger partial charge in [-0.1, -0.05) is 134 Å². The zero-order valence-corrected chi connectivity index (χ0v) is 21.7. The molecular weight excluding hydrogens is 460 g/mol. The van der Waals surface area contributed by atoms with Crippen LogP contribution < -0.4 is 10.6 Å². The summed E-state index contributed by atoms with van der Waals surface area (Å²) in [6.07, 6.45) is 14.0. The topological polar surface area (TPSA) is 24.1 Å². The summed E-state index contributed by atoms with van der Waals surface area (Å²) < 4.78 is 0. The summed E-state index contributed by atoms with van der Waals surface area (Å²) in [6, 6.07) is 36.6. The first-order chi connectivity index (χ1) is 18.8. The van der Waals surface area contributed by atoms with Crippen molar-refractivity contribution in [2.75, 3.05) is 0 Å². The fourth-order valence-corrected chi connectivity index (χ4v) is 6.71. The summed E-state index contributed by atoms with van der Waals surface area (Å²) in [5.74, 6) is 0. The predicted molar refractivity (Wildman–Crippen MR) is 160 cm³/mol. The maximum atomic E-state index is 4.20. The van der Waals surface area contributed by atoms with Gasteiger partial charge in [-0.2, -0.15) is 0 Å². The van der Waals surface area contributed by atoms with E-state index in [-0.39, 0.29) is 12.1 Å². The van der Waals surface area contributed by atoms with Crippen LogP contribution in [0.3, 0.4) is 0 Å². The van der Waals surface area contributed by atoms with Crippen LogP contribution in [0.25, 0.3) is 24.3 Å². The predicted octanol–water partition coefficient (Wildman–Crippen LogP) is 8.02. The van der Waals surface area contributed by atoms with Gasteiger partial charge in [0.05, 0.1) is 12.1 Å². The number of hydrogen-bond acceptors (Lipinski definition) is 2. The summed E-state index contributed by atoms with van der Waals surface area (Å²) in [5, 5.41) is 8.39. The van der Waals surface area contributed by atoms with E-state index < -0.39 is 0 Å². The molecule has 0 heterocycles. The lowest BCUT2D eigenvalue weighted by Gasteiger charge is -2.39. The van der Waals surface area contributed by atoms with Gasteiger partial charge in [0.2, 0.25) is 0 Å². The zero-order valence-electron chi connectivity index (χ0n) is 21.7. The Bertz CT molecular complexity index is 1300. The van der Waals surface area contributed by atoms with Crippen LogP contribution >= 0.6 is 0 Å². The van der Waals surface area contributed by atoms with Crippen LogP contribution in [-0.2, 0) is 0 Å². The molecule has 0 radical (unpaired) electrons. The van der Waals surface area contributed by atoms with Crippen molar-refractivity contribution in [3.8, 4) is 0 Å². The first kappa shape index (κ1) is 23.4. The highest BCUT2D eigenvalue weighted by atomic mass is 15.1. The van der Waals surface area contributed by atoms with Gasteiger partial charge in [-0.25, -0.2) is 0 Å². The van der Waals surface area contributed by atoms with Crippen LogP contribution in [0.15, 0.2) is 97.1 Å². The molecule has 1 fully saturated rings. The summed E-state index contributed by atoms with van der Waals surface area (Å²) in [6.45, 7) is 0. The second-order valence-corrected chi connectivity index (χ2v) is 10.9. The molecule has 3 aliphatic carbocycles. The Balaban J connectivity index is 1.25. The molecule has 0 aromatic heterocycles. The number of nitrogens with one attached hydrogen (secondary N) is 2. The Labute approximate surface area is 226 Å². The lowest BCUT2D eigenvalue weighted by molar-refractivity contribution is 0.261. The van der Waals surface area contributed by atoms with Crippen molar-refractivity contribution < 1.29 is 0 Å². The van der Waals surface area contributed by atoms with E-state index in [9.17, 15) is 0 Å². The average Bonchev–Trinajstić information content (AvgIpc) is 3.23. The Morgan fingerprint density at radius 3 is 1.00 bits per heavy atom. The third-order valence-electron chi connectivity index (χ3n) is 8.64. The molecule has 4 aromatic rings. The summed E-state index contributed by atoms with van der Waals surface area (Å²) in [5.41, 5.74) is 10.7. The highest BCUT2D eigenvalue weighted by Gasteiger charge is 2.33. The lowest BCUT2D eigenvalue weighted by atomic mass is 9.85. The van der Waals surface area contributed by atoms with Crippen molar-refractivity contribution in [2.24, 2.45) is 0 Å². The van der Waals surface area contributed by atoms with Crippen molar-refractivity contribution in [3.05, 3.63) is 142 Å². The van der Waals surface area contributed by atoms with Gasteiger partial charge in [-0.05, 0) is 57.3 Å². The van der Waals surface area contributed by atoms with Gasteiger partial charge in [0.15, 0.2) is 0 Å². The molecule has 4 aromatic carbocycles. The van der Waals surface area contributed by atoms with Gasteiger partial charge in [0, 0.05) is 12.1 Å². The zero-order chi connectivity index (χ0) is 25.3. The lowest BCUT2D eigenvalue weighted by Crippen LogP contribution is -2.52. The minimum atomic E-state index is 0.167. The molecule has 3 aliphatic rings. The molecule has 0 bridgehead atoms. The van der Waals surface area contributed by atoms with Crippen LogP contribution in [0.5, 0.6) is 0 Å². The second kappa shape index (κ2) is 10.2. The van der Waals surface area contributed by atoms with Gasteiger partial charge < -0.3 is 10.6 Å². The Hall–Kier alpha value is -3.72. The third kappa shape index (κ3) is 4.34. The summed E-state index contributed by atoms with van der Waals surface area (Å²) in [7, 11) is 0. The van der Waals surface area contributed by atoms with E-state index in [0.717, 1.165) is 0 Å². The second-order valence-electron chi connectivity index (χ2n) is 10.9. The van der Waals surface area contributed by atoms with E-state index in [1.807, 2.05) is 0 Å². The monoisotopic (exact) mass is 494 g/mol. The number of fused-ring (bicyclic) bond motifs is 4. The van der Waals surface area contributed by atoms with Crippen molar-refractivity contribution in [1.29, 1.82) is 0 Å². The normalized spacial score (nSPS) is 20.5. The molecular formula is C36H34N2. The van der Waals surface area contributed by atoms with E-state index in [0.29, 0.717) is 12.1 Å². The fraction of sp³-hybridized carbons (Fsp3) is 0.222. The molecule has 2 unspecified atom stereocenters. The Morgan fingerprint density at radius 1 is 0.395 bits per heavy atom. The molecule has 2 nitrogen and oxygen atoms in total. The average molecular weight is 495 g/mol. The van der Waals surface area contributed by atoms with E-state index in [4.69, 9.17) is 0 Å². The van der Waals surface area contributed by atoms with Crippen LogP contribution in [0.2, 0.25) is 0 Å². The van der Waals surface area contributed by atoms with Crippen molar-refractivity contribution in [3.63, 3.8) is 0 Å². The molecule has 2 heteroatoms. The standard InChI is InChI=1S/C36H34N2/c1-5-15-29-25(11-1)21-22-26-12-2-6-16-30(26)35(29)37-33-19-9-10-20-34(33)38-36-31-17-7-3-13-27(31)23-24-28-14-4-8-18-32(28)36/h1-8,11-18,21-24,33-38H,9-10,19-20H2. The number of benzene rings is 4. The largest absolute Gasteiger partial charge is 0.302 e. The molecule has 0 amide bonds. The number of rotatable bonds is 4. The van der Waals surface area contributed by atoms with Gasteiger partial charge in [-0.3, -0.25) is 0 Å². The smallest absolute Gasteiger partial charge is 0.0591 e. The number of hydrogen-bond donors (Lipinski definition) is 2. The molecule has 7 rings (SSSR count). The summed E-state index contributed by atoms with van der Waals surface area (Å²) in [4.78, 5) is 0. The quantitative estimate of drug-likeness (QED) is 0.300. The van der Waals surface area contributed by atoms with Crippen LogP contribution in [0.1, 0.15) is 82.3 Å². The molecule has 38 heavy (non-hydrogen) atoms. The first-order valence-electron chi connectivity index (χ1n) is 14.1. The third-order valence-corrected chi connectivity index (χ3v) is 8.64. The van der Waals surface area contributed by atoms with Crippen LogP contribution in [-0.4, -0.2) is 12.1 Å². The van der Waals surface area contributed by atoms with Crippen molar-refractivity contribution in [1.82, 2.24) is 10.6 Å². The summed E-state index contributed by atoms with van der Waals surface area (Å²) >= 11 is 0. The minimum absolute atomic E-state index is 0.167. The maximum Gasteiger partial charge on any atom is 0.0591 e. The van der Waals surface area contributed by atoms with Crippen molar-refractivity contribution in [2.45, 2.75) is 49.9 Å². The minimum Gasteiger partial charge on any atom is -0.302 e. The van der Waals surface area contributed by atoms with Gasteiger partial charge in [0.1, 0.15) is 0 Å². The Morgan fingerprint density at radius 2 is 0.684 bits per heavy atom. The molecule has 2 atom stereocenters. The van der Waals surface area contributed by atoms with E-state index in [1.165, 1.54) is 70.2 Å². The van der Waals surface area contributed by atoms with E-state index in [2.05, 4.69) is 132 Å². The molecule has 2 N–H and O–H groups in total. The van der Waals surface area contributed by atoms with Gasteiger partial charge in [-0.15, -0.1) is 0 Å². The van der Waals surface area contributed by atoms with Gasteiger partial charge in [0.25, 0.3) is 0 Å².